The van der Waals surface area contributed by atoms with Gasteiger partial charge in [0, 0.05) is 18.7 Å². The molecule has 2 aromatic carbocycles. The van der Waals surface area contributed by atoms with E-state index in [0.29, 0.717) is 17.1 Å². The van der Waals surface area contributed by atoms with E-state index in [1.807, 2.05) is 54.6 Å². The number of aromatic nitrogens is 2. The number of hydrogen-bond donors (Lipinski definition) is 0. The van der Waals surface area contributed by atoms with Crippen molar-refractivity contribution in [1.29, 1.82) is 0 Å². The minimum Gasteiger partial charge on any atom is -0.426 e. The maximum atomic E-state index is 11.2. The van der Waals surface area contributed by atoms with Crippen LogP contribution >= 0.6 is 0 Å². The van der Waals surface area contributed by atoms with Crippen molar-refractivity contribution < 1.29 is 9.53 Å². The minimum absolute atomic E-state index is 0.369. The second-order valence-corrected chi connectivity index (χ2v) is 4.72. The van der Waals surface area contributed by atoms with E-state index in [2.05, 4.69) is 9.97 Å². The molecule has 0 atom stereocenters. The van der Waals surface area contributed by atoms with E-state index < -0.39 is 0 Å². The van der Waals surface area contributed by atoms with Crippen molar-refractivity contribution in [2.24, 2.45) is 0 Å². The van der Waals surface area contributed by atoms with Gasteiger partial charge in [-0.2, -0.15) is 0 Å². The first kappa shape index (κ1) is 13.9. The Morgan fingerprint density at radius 2 is 1.68 bits per heavy atom. The first-order valence-corrected chi connectivity index (χ1v) is 6.90. The summed E-state index contributed by atoms with van der Waals surface area (Å²) in [5.41, 5.74) is 2.52. The van der Waals surface area contributed by atoms with E-state index in [-0.39, 0.29) is 5.97 Å². The van der Waals surface area contributed by atoms with Crippen LogP contribution in [0.4, 0.5) is 0 Å². The lowest BCUT2D eigenvalue weighted by atomic mass is 10.1. The SMILES string of the molecule is CC(=O)Oc1ccccc1-c1nccc(-c2ccccc2)n1. The normalized spacial score (nSPS) is 10.2. The highest BCUT2D eigenvalue weighted by atomic mass is 16.5. The molecule has 22 heavy (non-hydrogen) atoms. The molecule has 0 N–H and O–H groups in total. The van der Waals surface area contributed by atoms with E-state index in [4.69, 9.17) is 4.74 Å². The zero-order chi connectivity index (χ0) is 15.4. The van der Waals surface area contributed by atoms with Gasteiger partial charge in [-0.05, 0) is 18.2 Å². The molecule has 0 amide bonds. The van der Waals surface area contributed by atoms with Crippen molar-refractivity contribution in [2.75, 3.05) is 0 Å². The Hall–Kier alpha value is -3.01. The molecule has 4 heteroatoms. The van der Waals surface area contributed by atoms with E-state index >= 15 is 0 Å². The molecule has 1 heterocycles. The van der Waals surface area contributed by atoms with Gasteiger partial charge in [0.15, 0.2) is 5.82 Å². The number of hydrogen-bond acceptors (Lipinski definition) is 4. The fourth-order valence-electron chi connectivity index (χ4n) is 2.15. The van der Waals surface area contributed by atoms with Crippen LogP contribution in [0.5, 0.6) is 5.75 Å². The molecule has 0 spiro atoms. The fraction of sp³-hybridized carbons (Fsp3) is 0.0556. The summed E-state index contributed by atoms with van der Waals surface area (Å²) in [5.74, 6) is 0.616. The summed E-state index contributed by atoms with van der Waals surface area (Å²) in [4.78, 5) is 20.1. The molecule has 0 aliphatic heterocycles. The molecule has 3 aromatic rings. The lowest BCUT2D eigenvalue weighted by molar-refractivity contribution is -0.131. The first-order valence-electron chi connectivity index (χ1n) is 6.90. The molecular weight excluding hydrogens is 276 g/mol. The highest BCUT2D eigenvalue weighted by Gasteiger charge is 2.11. The molecule has 0 fully saturated rings. The second kappa shape index (κ2) is 6.18. The molecule has 0 saturated heterocycles. The molecule has 0 saturated carbocycles. The minimum atomic E-state index is -0.369. The zero-order valence-electron chi connectivity index (χ0n) is 12.1. The third-order valence-electron chi connectivity index (χ3n) is 3.11. The van der Waals surface area contributed by atoms with Crippen molar-refractivity contribution in [2.45, 2.75) is 6.92 Å². The molecule has 0 bridgehead atoms. The number of carbonyl (C=O) groups excluding carboxylic acids is 1. The Labute approximate surface area is 128 Å². The van der Waals surface area contributed by atoms with Gasteiger partial charge in [-0.3, -0.25) is 4.79 Å². The number of carbonyl (C=O) groups is 1. The molecule has 3 rings (SSSR count). The maximum Gasteiger partial charge on any atom is 0.308 e. The Bertz CT molecular complexity index is 801. The topological polar surface area (TPSA) is 52.1 Å². The average Bonchev–Trinajstić information content (AvgIpc) is 2.56. The fourth-order valence-corrected chi connectivity index (χ4v) is 2.15. The monoisotopic (exact) mass is 290 g/mol. The number of esters is 1. The van der Waals surface area contributed by atoms with Gasteiger partial charge >= 0.3 is 5.97 Å². The Kier molecular flexibility index (Phi) is 3.92. The van der Waals surface area contributed by atoms with Crippen LogP contribution in [0.1, 0.15) is 6.92 Å². The van der Waals surface area contributed by atoms with Gasteiger partial charge in [0.05, 0.1) is 11.3 Å². The number of rotatable bonds is 3. The maximum absolute atomic E-state index is 11.2. The third kappa shape index (κ3) is 3.01. The molecule has 0 unspecified atom stereocenters. The lowest BCUT2D eigenvalue weighted by Gasteiger charge is -2.08. The summed E-state index contributed by atoms with van der Waals surface area (Å²) in [6, 6.07) is 19.0. The number of benzene rings is 2. The Morgan fingerprint density at radius 1 is 0.955 bits per heavy atom. The smallest absolute Gasteiger partial charge is 0.308 e. The van der Waals surface area contributed by atoms with Gasteiger partial charge in [-0.15, -0.1) is 0 Å². The van der Waals surface area contributed by atoms with E-state index in [0.717, 1.165) is 11.3 Å². The molecule has 0 radical (unpaired) electrons. The molecule has 1 aromatic heterocycles. The van der Waals surface area contributed by atoms with Gasteiger partial charge in [0.2, 0.25) is 0 Å². The van der Waals surface area contributed by atoms with Crippen LogP contribution in [-0.4, -0.2) is 15.9 Å². The predicted octanol–water partition coefficient (Wildman–Crippen LogP) is 3.74. The van der Waals surface area contributed by atoms with Crippen molar-refractivity contribution in [3.63, 3.8) is 0 Å². The van der Waals surface area contributed by atoms with Gasteiger partial charge in [-0.25, -0.2) is 9.97 Å². The van der Waals surface area contributed by atoms with Crippen LogP contribution in [0.2, 0.25) is 0 Å². The van der Waals surface area contributed by atoms with Crippen molar-refractivity contribution >= 4 is 5.97 Å². The Balaban J connectivity index is 2.05. The average molecular weight is 290 g/mol. The summed E-state index contributed by atoms with van der Waals surface area (Å²) < 4.78 is 5.23. The number of nitrogens with zero attached hydrogens (tertiary/aromatic N) is 2. The van der Waals surface area contributed by atoms with E-state index in [1.165, 1.54) is 6.92 Å². The largest absolute Gasteiger partial charge is 0.426 e. The summed E-state index contributed by atoms with van der Waals surface area (Å²) >= 11 is 0. The third-order valence-corrected chi connectivity index (χ3v) is 3.11. The lowest BCUT2D eigenvalue weighted by Crippen LogP contribution is -2.03. The Morgan fingerprint density at radius 3 is 2.45 bits per heavy atom. The van der Waals surface area contributed by atoms with Crippen LogP contribution in [0.3, 0.4) is 0 Å². The van der Waals surface area contributed by atoms with Crippen LogP contribution in [0, 0.1) is 0 Å². The van der Waals surface area contributed by atoms with Gasteiger partial charge in [0.25, 0.3) is 0 Å². The first-order chi connectivity index (χ1) is 10.7. The number of ether oxygens (including phenoxy) is 1. The molecular formula is C18H14N2O2. The predicted molar refractivity (Wildman–Crippen MR) is 84.2 cm³/mol. The second-order valence-electron chi connectivity index (χ2n) is 4.72. The van der Waals surface area contributed by atoms with Crippen LogP contribution in [-0.2, 0) is 4.79 Å². The summed E-state index contributed by atoms with van der Waals surface area (Å²) in [7, 11) is 0. The molecule has 4 nitrogen and oxygen atoms in total. The van der Waals surface area contributed by atoms with Gasteiger partial charge in [0.1, 0.15) is 5.75 Å². The zero-order valence-corrected chi connectivity index (χ0v) is 12.1. The molecule has 0 aliphatic rings. The van der Waals surface area contributed by atoms with Gasteiger partial charge in [-0.1, -0.05) is 42.5 Å². The van der Waals surface area contributed by atoms with Crippen molar-refractivity contribution in [3.8, 4) is 28.4 Å². The quantitative estimate of drug-likeness (QED) is 0.544. The van der Waals surface area contributed by atoms with Crippen molar-refractivity contribution in [1.82, 2.24) is 9.97 Å². The highest BCUT2D eigenvalue weighted by Crippen LogP contribution is 2.28. The summed E-state index contributed by atoms with van der Waals surface area (Å²) in [6.45, 7) is 1.37. The standard InChI is InChI=1S/C18H14N2O2/c1-13(21)22-17-10-6-5-9-15(17)18-19-12-11-16(20-18)14-7-3-2-4-8-14/h2-12H,1H3. The number of para-hydroxylation sites is 1. The van der Waals surface area contributed by atoms with Crippen molar-refractivity contribution in [3.05, 3.63) is 66.9 Å². The van der Waals surface area contributed by atoms with Gasteiger partial charge < -0.3 is 4.74 Å². The van der Waals surface area contributed by atoms with E-state index in [9.17, 15) is 4.79 Å². The highest BCUT2D eigenvalue weighted by molar-refractivity contribution is 5.74. The van der Waals surface area contributed by atoms with Crippen LogP contribution < -0.4 is 4.74 Å². The summed E-state index contributed by atoms with van der Waals surface area (Å²) in [5, 5.41) is 0. The van der Waals surface area contributed by atoms with Crippen LogP contribution in [0.25, 0.3) is 22.6 Å². The van der Waals surface area contributed by atoms with E-state index in [1.54, 1.807) is 12.3 Å². The molecule has 108 valence electrons. The summed E-state index contributed by atoms with van der Waals surface area (Å²) in [6.07, 6.45) is 1.70. The molecule has 0 aliphatic carbocycles. The van der Waals surface area contributed by atoms with Crippen LogP contribution in [0.15, 0.2) is 66.9 Å².